The number of halogens is 1. The van der Waals surface area contributed by atoms with E-state index >= 15 is 0 Å². The van der Waals surface area contributed by atoms with E-state index in [0.29, 0.717) is 23.5 Å². The Morgan fingerprint density at radius 1 is 0.818 bits per heavy atom. The molecule has 0 atom stereocenters. The van der Waals surface area contributed by atoms with Crippen molar-refractivity contribution in [3.63, 3.8) is 0 Å². The van der Waals surface area contributed by atoms with E-state index in [9.17, 15) is 14.0 Å². The molecule has 5 heteroatoms. The summed E-state index contributed by atoms with van der Waals surface area (Å²) in [5, 5.41) is 0. The van der Waals surface area contributed by atoms with Gasteiger partial charge >= 0.3 is 0 Å². The Kier molecular flexibility index (Phi) is 5.90. The fourth-order valence-electron chi connectivity index (χ4n) is 4.03. The first-order valence-electron chi connectivity index (χ1n) is 10.9. The van der Waals surface area contributed by atoms with Crippen molar-refractivity contribution in [3.8, 4) is 0 Å². The molecule has 2 amide bonds. The van der Waals surface area contributed by atoms with Crippen molar-refractivity contribution in [2.75, 3.05) is 11.9 Å². The number of rotatable bonds is 5. The van der Waals surface area contributed by atoms with Gasteiger partial charge in [-0.15, -0.1) is 0 Å². The molecular weight excluding hydrogens is 415 g/mol. The maximum absolute atomic E-state index is 13.6. The van der Waals surface area contributed by atoms with Gasteiger partial charge in [0.05, 0.1) is 11.3 Å². The summed E-state index contributed by atoms with van der Waals surface area (Å²) in [6.07, 6.45) is 0. The number of amides is 2. The average Bonchev–Trinajstić information content (AvgIpc) is 3.04. The van der Waals surface area contributed by atoms with E-state index in [1.807, 2.05) is 42.5 Å². The summed E-state index contributed by atoms with van der Waals surface area (Å²) in [5.74, 6) is -1.20. The third-order valence-corrected chi connectivity index (χ3v) is 5.83. The molecule has 0 radical (unpaired) electrons. The number of benzene rings is 3. The van der Waals surface area contributed by atoms with Gasteiger partial charge in [-0.3, -0.25) is 9.59 Å². The lowest BCUT2D eigenvalue weighted by Gasteiger charge is -2.23. The molecule has 1 heterocycles. The number of anilines is 1. The number of imide groups is 1. The van der Waals surface area contributed by atoms with Crippen LogP contribution >= 0.6 is 0 Å². The van der Waals surface area contributed by atoms with Gasteiger partial charge in [-0.2, -0.15) is 0 Å². The van der Waals surface area contributed by atoms with Crippen molar-refractivity contribution < 1.29 is 14.0 Å². The van der Waals surface area contributed by atoms with E-state index in [-0.39, 0.29) is 16.9 Å². The minimum absolute atomic E-state index is 0.0455. The summed E-state index contributed by atoms with van der Waals surface area (Å²) in [7, 11) is 1.79. The van der Waals surface area contributed by atoms with E-state index in [4.69, 9.17) is 0 Å². The lowest BCUT2D eigenvalue weighted by atomic mass is 9.87. The third kappa shape index (κ3) is 4.44. The Balaban J connectivity index is 1.76. The topological polar surface area (TPSA) is 40.6 Å². The molecule has 0 saturated heterocycles. The van der Waals surface area contributed by atoms with Crippen LogP contribution in [0.1, 0.15) is 37.5 Å². The second kappa shape index (κ2) is 8.66. The van der Waals surface area contributed by atoms with Crippen LogP contribution in [0, 0.1) is 5.82 Å². The molecule has 33 heavy (non-hydrogen) atoms. The van der Waals surface area contributed by atoms with E-state index in [1.165, 1.54) is 17.0 Å². The van der Waals surface area contributed by atoms with Crippen molar-refractivity contribution >= 4 is 23.1 Å². The van der Waals surface area contributed by atoms with Gasteiger partial charge in [0, 0.05) is 13.6 Å². The SMILES string of the molecule is CN(Cc1ccccc1)C1=C(c2ccc(F)cc2)C(=O)N(c2ccc(C(C)(C)C)cc2)C1=O. The highest BCUT2D eigenvalue weighted by atomic mass is 19.1. The fraction of sp³-hybridized carbons (Fsp3) is 0.214. The van der Waals surface area contributed by atoms with Gasteiger partial charge in [0.2, 0.25) is 0 Å². The van der Waals surface area contributed by atoms with E-state index < -0.39 is 11.7 Å². The highest BCUT2D eigenvalue weighted by Gasteiger charge is 2.41. The molecule has 4 rings (SSSR count). The molecule has 0 unspecified atom stereocenters. The molecule has 4 nitrogen and oxygen atoms in total. The van der Waals surface area contributed by atoms with E-state index in [2.05, 4.69) is 20.8 Å². The Morgan fingerprint density at radius 2 is 1.42 bits per heavy atom. The van der Waals surface area contributed by atoms with Gasteiger partial charge in [-0.1, -0.05) is 75.4 Å². The van der Waals surface area contributed by atoms with E-state index in [1.54, 1.807) is 36.2 Å². The van der Waals surface area contributed by atoms with Crippen LogP contribution in [-0.4, -0.2) is 23.8 Å². The summed E-state index contributed by atoms with van der Waals surface area (Å²) in [4.78, 5) is 30.2. The Hall–Kier alpha value is -3.73. The third-order valence-electron chi connectivity index (χ3n) is 5.83. The predicted octanol–water partition coefficient (Wildman–Crippen LogP) is 5.54. The highest BCUT2D eigenvalue weighted by Crippen LogP contribution is 2.35. The second-order valence-corrected chi connectivity index (χ2v) is 9.31. The summed E-state index contributed by atoms with van der Waals surface area (Å²) < 4.78 is 13.6. The molecule has 0 N–H and O–H groups in total. The fourth-order valence-corrected chi connectivity index (χ4v) is 4.03. The van der Waals surface area contributed by atoms with Crippen LogP contribution < -0.4 is 4.90 Å². The van der Waals surface area contributed by atoms with Crippen LogP contribution in [0.3, 0.4) is 0 Å². The number of carbonyl (C=O) groups is 2. The molecule has 0 aromatic heterocycles. The summed E-state index contributed by atoms with van der Waals surface area (Å²) in [6.45, 7) is 6.79. The van der Waals surface area contributed by atoms with Crippen LogP contribution in [0.25, 0.3) is 5.57 Å². The van der Waals surface area contributed by atoms with Crippen molar-refractivity contribution in [3.05, 3.63) is 107 Å². The standard InChI is InChI=1S/C28H27FN2O2/c1-28(2,3)21-12-16-23(17-13-21)31-26(32)24(20-10-14-22(29)15-11-20)25(27(31)33)30(4)18-19-8-6-5-7-9-19/h5-17H,18H2,1-4H3. The summed E-state index contributed by atoms with van der Waals surface area (Å²) in [5.41, 5.74) is 3.68. The second-order valence-electron chi connectivity index (χ2n) is 9.31. The van der Waals surface area contributed by atoms with Gasteiger partial charge in [-0.05, 0) is 46.4 Å². The van der Waals surface area contributed by atoms with Crippen molar-refractivity contribution in [1.82, 2.24) is 4.90 Å². The quantitative estimate of drug-likeness (QED) is 0.487. The van der Waals surface area contributed by atoms with Gasteiger partial charge in [0.15, 0.2) is 0 Å². The number of likely N-dealkylation sites (N-methyl/N-ethyl adjacent to an activating group) is 1. The Morgan fingerprint density at radius 3 is 2.00 bits per heavy atom. The lowest BCUT2D eigenvalue weighted by molar-refractivity contribution is -0.120. The highest BCUT2D eigenvalue weighted by molar-refractivity contribution is 6.45. The van der Waals surface area contributed by atoms with Gasteiger partial charge in [0.1, 0.15) is 11.5 Å². The predicted molar refractivity (Wildman–Crippen MR) is 129 cm³/mol. The first-order chi connectivity index (χ1) is 15.7. The summed E-state index contributed by atoms with van der Waals surface area (Å²) in [6, 6.07) is 22.9. The first kappa shape index (κ1) is 22.5. The minimum atomic E-state index is -0.412. The number of hydrogen-bond acceptors (Lipinski definition) is 3. The number of nitrogens with zero attached hydrogens (tertiary/aromatic N) is 2. The molecule has 3 aromatic rings. The molecule has 0 saturated carbocycles. The van der Waals surface area contributed by atoms with Crippen molar-refractivity contribution in [2.45, 2.75) is 32.7 Å². The Bertz CT molecular complexity index is 1210. The largest absolute Gasteiger partial charge is 0.365 e. The minimum Gasteiger partial charge on any atom is -0.365 e. The molecule has 1 aliphatic rings. The van der Waals surface area contributed by atoms with Crippen LogP contribution in [0.4, 0.5) is 10.1 Å². The van der Waals surface area contributed by atoms with Crippen LogP contribution in [0.2, 0.25) is 0 Å². The molecule has 0 aliphatic carbocycles. The van der Waals surface area contributed by atoms with Crippen LogP contribution in [-0.2, 0) is 21.5 Å². The van der Waals surface area contributed by atoms with E-state index in [0.717, 1.165) is 11.1 Å². The lowest BCUT2D eigenvalue weighted by Crippen LogP contribution is -2.34. The zero-order valence-corrected chi connectivity index (χ0v) is 19.3. The molecule has 3 aromatic carbocycles. The van der Waals surface area contributed by atoms with Gasteiger partial charge < -0.3 is 4.90 Å². The summed E-state index contributed by atoms with van der Waals surface area (Å²) >= 11 is 0. The zero-order chi connectivity index (χ0) is 23.8. The monoisotopic (exact) mass is 442 g/mol. The van der Waals surface area contributed by atoms with Crippen molar-refractivity contribution in [2.24, 2.45) is 0 Å². The number of hydrogen-bond donors (Lipinski definition) is 0. The number of carbonyl (C=O) groups excluding carboxylic acids is 2. The van der Waals surface area contributed by atoms with Gasteiger partial charge in [0.25, 0.3) is 11.8 Å². The molecular formula is C28H27FN2O2. The molecule has 168 valence electrons. The maximum atomic E-state index is 13.6. The normalized spacial score (nSPS) is 14.3. The molecule has 0 fully saturated rings. The Labute approximate surface area is 194 Å². The van der Waals surface area contributed by atoms with Gasteiger partial charge in [-0.25, -0.2) is 9.29 Å². The van der Waals surface area contributed by atoms with Crippen molar-refractivity contribution in [1.29, 1.82) is 0 Å². The van der Waals surface area contributed by atoms with Crippen LogP contribution in [0.15, 0.2) is 84.6 Å². The van der Waals surface area contributed by atoms with Crippen LogP contribution in [0.5, 0.6) is 0 Å². The smallest absolute Gasteiger partial charge is 0.282 e. The average molecular weight is 443 g/mol. The molecule has 0 spiro atoms. The first-order valence-corrected chi connectivity index (χ1v) is 10.9. The molecule has 0 bridgehead atoms. The zero-order valence-electron chi connectivity index (χ0n) is 19.3. The molecule has 1 aliphatic heterocycles. The maximum Gasteiger partial charge on any atom is 0.282 e.